The number of amidine groups is 2. The van der Waals surface area contributed by atoms with Gasteiger partial charge in [-0.2, -0.15) is 0 Å². The molecule has 10 nitrogen and oxygen atoms in total. The number of aromatic nitrogens is 2. The third-order valence-corrected chi connectivity index (χ3v) is 5.92. The lowest BCUT2D eigenvalue weighted by Crippen LogP contribution is -2.29. The monoisotopic (exact) mass is 524 g/mol. The molecule has 1 aliphatic rings. The molecule has 2 aromatic rings. The summed E-state index contributed by atoms with van der Waals surface area (Å²) in [5, 5.41) is 14.0. The average molecular weight is 525 g/mol. The summed E-state index contributed by atoms with van der Waals surface area (Å²) < 4.78 is 5.36. The number of amides is 1. The molecule has 1 aliphatic heterocycles. The number of aliphatic imine (C=N–C) groups is 1. The van der Waals surface area contributed by atoms with E-state index in [0.29, 0.717) is 28.1 Å². The van der Waals surface area contributed by atoms with Crippen molar-refractivity contribution < 1.29 is 9.53 Å². The average Bonchev–Trinajstić information content (AvgIpc) is 3.38. The van der Waals surface area contributed by atoms with Crippen LogP contribution in [0.15, 0.2) is 54.0 Å². The second-order valence-corrected chi connectivity index (χ2v) is 9.88. The van der Waals surface area contributed by atoms with Crippen LogP contribution in [0.2, 0.25) is 5.02 Å². The first-order chi connectivity index (χ1) is 17.5. The van der Waals surface area contributed by atoms with E-state index in [9.17, 15) is 4.79 Å². The first-order valence-corrected chi connectivity index (χ1v) is 12.2. The fraction of sp³-hybridized carbons (Fsp3) is 0.346. The molecule has 0 unspecified atom stereocenters. The minimum atomic E-state index is -0.496. The molecule has 1 aromatic heterocycles. The van der Waals surface area contributed by atoms with Crippen molar-refractivity contribution in [2.75, 3.05) is 30.4 Å². The molecule has 0 atom stereocenters. The molecule has 5 N–H and O–H groups in total. The summed E-state index contributed by atoms with van der Waals surface area (Å²) in [5.74, 6) is 0.625. The molecular weight excluding hydrogens is 492 g/mol. The Labute approximate surface area is 222 Å². The standard InChI is InChI=1S/C26H33ClN8O2/c1-6-30-19-15-31-25(35-11-7-8-12-35)34-22(19)23(29)32-18-13-16(9-10-17(18)27)24(36)33-21(28)14-20(37-5)26(2,3)4/h6,9-10,13-15,30H,1,7-8,11-12H2,2-5H3,(H2,29,32)(H2,28,33,36)/b20-14-. The molecular formula is C26H33ClN8O2. The fourth-order valence-electron chi connectivity index (χ4n) is 3.72. The Kier molecular flexibility index (Phi) is 8.88. The van der Waals surface area contributed by atoms with Gasteiger partial charge in [0, 0.05) is 30.1 Å². The predicted octanol–water partition coefficient (Wildman–Crippen LogP) is 4.61. The van der Waals surface area contributed by atoms with E-state index >= 15 is 0 Å². The zero-order chi connectivity index (χ0) is 27.2. The second-order valence-electron chi connectivity index (χ2n) is 9.47. The number of hydrogen-bond donors (Lipinski definition) is 4. The highest BCUT2D eigenvalue weighted by atomic mass is 35.5. The Morgan fingerprint density at radius 1 is 1.32 bits per heavy atom. The molecule has 0 bridgehead atoms. The highest BCUT2D eigenvalue weighted by Crippen LogP contribution is 2.28. The Bertz CT molecular complexity index is 1240. The molecule has 0 saturated carbocycles. The Balaban J connectivity index is 1.89. The van der Waals surface area contributed by atoms with Crippen LogP contribution in [0.4, 0.5) is 17.3 Å². The highest BCUT2D eigenvalue weighted by molar-refractivity contribution is 6.33. The number of carbonyl (C=O) groups is 1. The summed E-state index contributed by atoms with van der Waals surface area (Å²) in [6, 6.07) is 4.60. The van der Waals surface area contributed by atoms with Gasteiger partial charge in [-0.1, -0.05) is 39.0 Å². The van der Waals surface area contributed by atoms with E-state index in [4.69, 9.17) is 27.5 Å². The van der Waals surface area contributed by atoms with Crippen LogP contribution in [-0.4, -0.2) is 47.7 Å². The summed E-state index contributed by atoms with van der Waals surface area (Å²) in [7, 11) is 1.53. The molecule has 1 saturated heterocycles. The maximum absolute atomic E-state index is 12.8. The van der Waals surface area contributed by atoms with Crippen LogP contribution in [0.5, 0.6) is 0 Å². The largest absolute Gasteiger partial charge is 0.500 e. The van der Waals surface area contributed by atoms with Gasteiger partial charge in [0.05, 0.1) is 29.7 Å². The van der Waals surface area contributed by atoms with Gasteiger partial charge in [-0.25, -0.2) is 15.0 Å². The number of nitrogens with zero attached hydrogens (tertiary/aromatic N) is 4. The van der Waals surface area contributed by atoms with Crippen molar-refractivity contribution in [2.24, 2.45) is 16.1 Å². The van der Waals surface area contributed by atoms with Gasteiger partial charge in [0.25, 0.3) is 5.91 Å². The van der Waals surface area contributed by atoms with Gasteiger partial charge in [-0.05, 0) is 37.2 Å². The number of methoxy groups -OCH3 is 1. The molecule has 1 aromatic carbocycles. The number of hydrogen-bond acceptors (Lipinski definition) is 8. The number of rotatable bonds is 8. The SMILES string of the molecule is C=CNc1cnc(N2CCCC2)nc1C(N)=Nc1cc(C(=O)NC(=N)/C=C(\OC)C(C)(C)C)ccc1Cl. The zero-order valence-corrected chi connectivity index (χ0v) is 22.3. The molecule has 196 valence electrons. The van der Waals surface area contributed by atoms with Crippen molar-refractivity contribution in [3.63, 3.8) is 0 Å². The number of nitrogens with one attached hydrogen (secondary N) is 3. The van der Waals surface area contributed by atoms with Gasteiger partial charge in [0.1, 0.15) is 17.3 Å². The minimum absolute atomic E-state index is 0.0947. The van der Waals surface area contributed by atoms with Crippen molar-refractivity contribution in [1.29, 1.82) is 5.41 Å². The molecule has 2 heterocycles. The van der Waals surface area contributed by atoms with Gasteiger partial charge < -0.3 is 26.0 Å². The van der Waals surface area contributed by atoms with E-state index in [0.717, 1.165) is 25.9 Å². The van der Waals surface area contributed by atoms with Gasteiger partial charge in [-0.15, -0.1) is 0 Å². The van der Waals surface area contributed by atoms with E-state index in [1.54, 1.807) is 18.3 Å². The molecule has 11 heteroatoms. The molecule has 0 spiro atoms. The van der Waals surface area contributed by atoms with Gasteiger partial charge >= 0.3 is 0 Å². The van der Waals surface area contributed by atoms with Gasteiger partial charge in [-0.3, -0.25) is 10.2 Å². The number of anilines is 2. The van der Waals surface area contributed by atoms with Crippen LogP contribution in [-0.2, 0) is 4.74 Å². The molecule has 37 heavy (non-hydrogen) atoms. The van der Waals surface area contributed by atoms with Crippen LogP contribution >= 0.6 is 11.6 Å². The van der Waals surface area contributed by atoms with Crippen LogP contribution < -0.4 is 21.3 Å². The summed E-state index contributed by atoms with van der Waals surface area (Å²) in [5.41, 5.74) is 7.52. The fourth-order valence-corrected chi connectivity index (χ4v) is 3.88. The van der Waals surface area contributed by atoms with E-state index in [-0.39, 0.29) is 28.3 Å². The smallest absolute Gasteiger partial charge is 0.256 e. The lowest BCUT2D eigenvalue weighted by atomic mass is 9.93. The number of carbonyl (C=O) groups excluding carboxylic acids is 1. The third-order valence-electron chi connectivity index (χ3n) is 5.60. The minimum Gasteiger partial charge on any atom is -0.500 e. The lowest BCUT2D eigenvalue weighted by molar-refractivity contribution is 0.0977. The Morgan fingerprint density at radius 3 is 2.65 bits per heavy atom. The lowest BCUT2D eigenvalue weighted by Gasteiger charge is -2.21. The van der Waals surface area contributed by atoms with Crippen LogP contribution in [0.3, 0.4) is 0 Å². The predicted molar refractivity (Wildman–Crippen MR) is 149 cm³/mol. The summed E-state index contributed by atoms with van der Waals surface area (Å²) in [6.45, 7) is 11.3. The third kappa shape index (κ3) is 7.07. The van der Waals surface area contributed by atoms with E-state index in [1.807, 2.05) is 20.8 Å². The number of benzene rings is 1. The van der Waals surface area contributed by atoms with Crippen LogP contribution in [0.25, 0.3) is 0 Å². The number of allylic oxidation sites excluding steroid dienone is 1. The molecule has 0 aliphatic carbocycles. The van der Waals surface area contributed by atoms with E-state index < -0.39 is 5.91 Å². The Morgan fingerprint density at radius 2 is 2.03 bits per heavy atom. The summed E-state index contributed by atoms with van der Waals surface area (Å²) >= 11 is 6.38. The zero-order valence-electron chi connectivity index (χ0n) is 21.6. The molecule has 1 amide bonds. The van der Waals surface area contributed by atoms with E-state index in [2.05, 4.69) is 37.1 Å². The summed E-state index contributed by atoms with van der Waals surface area (Å²) in [4.78, 5) is 28.5. The quantitative estimate of drug-likeness (QED) is 0.224. The van der Waals surface area contributed by atoms with Crippen molar-refractivity contribution in [2.45, 2.75) is 33.6 Å². The number of halogens is 1. The first-order valence-electron chi connectivity index (χ1n) is 11.8. The summed E-state index contributed by atoms with van der Waals surface area (Å²) in [6.07, 6.45) is 6.77. The molecule has 3 rings (SSSR count). The normalized spacial score (nSPS) is 14.4. The molecule has 1 fully saturated rings. The molecule has 0 radical (unpaired) electrons. The van der Waals surface area contributed by atoms with E-state index in [1.165, 1.54) is 25.5 Å². The van der Waals surface area contributed by atoms with Crippen molar-refractivity contribution in [3.05, 3.63) is 65.3 Å². The maximum atomic E-state index is 12.8. The van der Waals surface area contributed by atoms with Crippen LogP contribution in [0.1, 0.15) is 49.7 Å². The Hall–Kier alpha value is -3.92. The van der Waals surface area contributed by atoms with Crippen LogP contribution in [0, 0.1) is 10.8 Å². The maximum Gasteiger partial charge on any atom is 0.256 e. The van der Waals surface area contributed by atoms with Crippen molar-refractivity contribution in [3.8, 4) is 0 Å². The van der Waals surface area contributed by atoms with Crippen molar-refractivity contribution >= 4 is 46.5 Å². The second kappa shape index (κ2) is 11.9. The van der Waals surface area contributed by atoms with Gasteiger partial charge in [0.15, 0.2) is 5.84 Å². The topological polar surface area (TPSA) is 142 Å². The number of ether oxygens (including phenoxy) is 1. The van der Waals surface area contributed by atoms with Crippen molar-refractivity contribution in [1.82, 2.24) is 15.3 Å². The highest BCUT2D eigenvalue weighted by Gasteiger charge is 2.20. The van der Waals surface area contributed by atoms with Gasteiger partial charge in [0.2, 0.25) is 5.95 Å². The number of nitrogens with two attached hydrogens (primary N) is 1. The first kappa shape index (κ1) is 27.7.